The molecule has 0 unspecified atom stereocenters. The van der Waals surface area contributed by atoms with Crippen LogP contribution in [0.1, 0.15) is 30.6 Å². The van der Waals surface area contributed by atoms with Gasteiger partial charge in [0, 0.05) is 30.9 Å². The van der Waals surface area contributed by atoms with E-state index in [9.17, 15) is 0 Å². The second kappa shape index (κ2) is 5.17. The first-order valence-corrected chi connectivity index (χ1v) is 7.04. The van der Waals surface area contributed by atoms with Gasteiger partial charge in [0.25, 0.3) is 0 Å². The third-order valence-corrected chi connectivity index (χ3v) is 4.34. The molecule has 3 rings (SSSR count). The first kappa shape index (κ1) is 13.6. The molecule has 104 valence electrons. The maximum absolute atomic E-state index is 6.02. The number of hydrogen-bond acceptors (Lipinski definition) is 3. The van der Waals surface area contributed by atoms with Crippen LogP contribution >= 0.6 is 11.6 Å². The molecule has 0 bridgehead atoms. The Bertz CT molecular complexity index is 587. The number of hydroxylamine groups is 2. The number of halogens is 1. The molecule has 0 amide bonds. The molecule has 0 spiro atoms. The lowest BCUT2D eigenvalue weighted by Crippen LogP contribution is -2.34. The zero-order chi connectivity index (χ0) is 14.2. The SMILES string of the molecule is CN1O[C@H](c2ccc(Cl)cc2)C[C@]1(C)c1cccnc1. The zero-order valence-electron chi connectivity index (χ0n) is 11.6. The molecule has 4 heteroatoms. The van der Waals surface area contributed by atoms with Crippen molar-refractivity contribution in [3.05, 3.63) is 64.9 Å². The minimum Gasteiger partial charge on any atom is -0.290 e. The minimum atomic E-state index is -0.168. The molecule has 2 heterocycles. The largest absolute Gasteiger partial charge is 0.290 e. The van der Waals surface area contributed by atoms with E-state index in [1.807, 2.05) is 48.6 Å². The van der Waals surface area contributed by atoms with Crippen molar-refractivity contribution in [2.24, 2.45) is 0 Å². The average molecular weight is 289 g/mol. The summed E-state index contributed by atoms with van der Waals surface area (Å²) in [4.78, 5) is 10.2. The number of pyridine rings is 1. The lowest BCUT2D eigenvalue weighted by Gasteiger charge is -2.29. The van der Waals surface area contributed by atoms with Gasteiger partial charge in [-0.2, -0.15) is 5.06 Å². The molecule has 0 N–H and O–H groups in total. The Kier molecular flexibility index (Phi) is 3.50. The van der Waals surface area contributed by atoms with Crippen LogP contribution in [0.4, 0.5) is 0 Å². The van der Waals surface area contributed by atoms with Crippen LogP contribution in [0.5, 0.6) is 0 Å². The van der Waals surface area contributed by atoms with Crippen molar-refractivity contribution in [3.8, 4) is 0 Å². The van der Waals surface area contributed by atoms with Gasteiger partial charge in [0.1, 0.15) is 6.10 Å². The van der Waals surface area contributed by atoms with Crippen LogP contribution in [0, 0.1) is 0 Å². The van der Waals surface area contributed by atoms with Crippen LogP contribution in [-0.2, 0) is 10.4 Å². The smallest absolute Gasteiger partial charge is 0.106 e. The van der Waals surface area contributed by atoms with E-state index in [2.05, 4.69) is 18.0 Å². The molecule has 0 radical (unpaired) electrons. The highest BCUT2D eigenvalue weighted by atomic mass is 35.5. The van der Waals surface area contributed by atoms with Crippen LogP contribution in [0.15, 0.2) is 48.8 Å². The standard InChI is InChI=1S/C16H17ClN2O/c1-16(13-4-3-9-18-11-13)10-15(20-19(16)2)12-5-7-14(17)8-6-12/h3-9,11,15H,10H2,1-2H3/t15-,16+/m0/s1. The highest BCUT2D eigenvalue weighted by Crippen LogP contribution is 2.45. The summed E-state index contributed by atoms with van der Waals surface area (Å²) in [7, 11) is 1.98. The van der Waals surface area contributed by atoms with Crippen LogP contribution in [-0.4, -0.2) is 17.1 Å². The van der Waals surface area contributed by atoms with Gasteiger partial charge in [-0.15, -0.1) is 0 Å². The van der Waals surface area contributed by atoms with Crippen LogP contribution in [0.2, 0.25) is 5.02 Å². The van der Waals surface area contributed by atoms with E-state index in [-0.39, 0.29) is 11.6 Å². The molecule has 2 aromatic rings. The van der Waals surface area contributed by atoms with Crippen molar-refractivity contribution in [1.29, 1.82) is 0 Å². The number of nitrogens with zero attached hydrogens (tertiary/aromatic N) is 2. The van der Waals surface area contributed by atoms with Crippen molar-refractivity contribution in [1.82, 2.24) is 10.0 Å². The van der Waals surface area contributed by atoms with Gasteiger partial charge >= 0.3 is 0 Å². The molecule has 2 atom stereocenters. The predicted molar refractivity (Wildman–Crippen MR) is 79.2 cm³/mol. The van der Waals surface area contributed by atoms with E-state index in [4.69, 9.17) is 16.4 Å². The van der Waals surface area contributed by atoms with Gasteiger partial charge in [-0.25, -0.2) is 0 Å². The molecule has 1 fully saturated rings. The molecule has 1 aliphatic heterocycles. The highest BCUT2D eigenvalue weighted by molar-refractivity contribution is 6.30. The highest BCUT2D eigenvalue weighted by Gasteiger charge is 2.43. The summed E-state index contributed by atoms with van der Waals surface area (Å²) in [6, 6.07) is 11.9. The molecule has 20 heavy (non-hydrogen) atoms. The van der Waals surface area contributed by atoms with Crippen molar-refractivity contribution in [2.45, 2.75) is 25.0 Å². The van der Waals surface area contributed by atoms with Gasteiger partial charge in [-0.3, -0.25) is 9.82 Å². The Morgan fingerprint density at radius 1 is 1.30 bits per heavy atom. The third kappa shape index (κ3) is 2.33. The fraction of sp³-hybridized carbons (Fsp3) is 0.312. The van der Waals surface area contributed by atoms with Gasteiger partial charge in [0.2, 0.25) is 0 Å². The summed E-state index contributed by atoms with van der Waals surface area (Å²) >= 11 is 5.94. The Hall–Kier alpha value is -1.42. The number of hydrogen-bond donors (Lipinski definition) is 0. The van der Waals surface area contributed by atoms with Crippen molar-refractivity contribution >= 4 is 11.6 Å². The van der Waals surface area contributed by atoms with Gasteiger partial charge in [0.05, 0.1) is 5.54 Å². The minimum absolute atomic E-state index is 0.0440. The van der Waals surface area contributed by atoms with Gasteiger partial charge < -0.3 is 0 Å². The van der Waals surface area contributed by atoms with E-state index in [0.29, 0.717) is 0 Å². The summed E-state index contributed by atoms with van der Waals surface area (Å²) in [6.45, 7) is 2.18. The van der Waals surface area contributed by atoms with Gasteiger partial charge in [-0.1, -0.05) is 29.8 Å². The molecular weight excluding hydrogens is 272 g/mol. The lowest BCUT2D eigenvalue weighted by atomic mass is 9.87. The monoisotopic (exact) mass is 288 g/mol. The molecular formula is C16H17ClN2O. The lowest BCUT2D eigenvalue weighted by molar-refractivity contribution is -0.169. The molecule has 1 aromatic heterocycles. The first-order chi connectivity index (χ1) is 9.59. The number of aromatic nitrogens is 1. The van der Waals surface area contributed by atoms with E-state index < -0.39 is 0 Å². The second-order valence-electron chi connectivity index (χ2n) is 5.36. The fourth-order valence-corrected chi connectivity index (χ4v) is 2.80. The zero-order valence-corrected chi connectivity index (χ0v) is 12.3. The van der Waals surface area contributed by atoms with Crippen LogP contribution in [0.3, 0.4) is 0 Å². The Morgan fingerprint density at radius 3 is 2.70 bits per heavy atom. The van der Waals surface area contributed by atoms with E-state index in [1.165, 1.54) is 5.56 Å². The predicted octanol–water partition coefficient (Wildman–Crippen LogP) is 3.96. The number of benzene rings is 1. The topological polar surface area (TPSA) is 25.4 Å². The quantitative estimate of drug-likeness (QED) is 0.836. The summed E-state index contributed by atoms with van der Waals surface area (Å²) in [6.07, 6.45) is 4.63. The van der Waals surface area contributed by atoms with Crippen molar-refractivity contribution < 1.29 is 4.84 Å². The normalized spacial score (nSPS) is 26.9. The molecule has 0 aliphatic carbocycles. The Morgan fingerprint density at radius 2 is 2.05 bits per heavy atom. The summed E-state index contributed by atoms with van der Waals surface area (Å²) in [5, 5.41) is 2.68. The maximum Gasteiger partial charge on any atom is 0.106 e. The third-order valence-electron chi connectivity index (χ3n) is 4.09. The Labute approximate surface area is 124 Å². The summed E-state index contributed by atoms with van der Waals surface area (Å²) in [5.41, 5.74) is 2.14. The molecule has 1 aliphatic rings. The molecule has 3 nitrogen and oxygen atoms in total. The summed E-state index contributed by atoms with van der Waals surface area (Å²) in [5.74, 6) is 0. The van der Waals surface area contributed by atoms with Crippen molar-refractivity contribution in [3.63, 3.8) is 0 Å². The second-order valence-corrected chi connectivity index (χ2v) is 5.80. The molecule has 1 aromatic carbocycles. The molecule has 0 saturated carbocycles. The van der Waals surface area contributed by atoms with Crippen LogP contribution < -0.4 is 0 Å². The first-order valence-electron chi connectivity index (χ1n) is 6.66. The maximum atomic E-state index is 6.02. The fourth-order valence-electron chi connectivity index (χ4n) is 2.67. The van der Waals surface area contributed by atoms with Gasteiger partial charge in [-0.05, 0) is 36.2 Å². The number of rotatable bonds is 2. The average Bonchev–Trinajstić information content (AvgIpc) is 2.78. The summed E-state index contributed by atoms with van der Waals surface area (Å²) < 4.78 is 0. The van der Waals surface area contributed by atoms with Gasteiger partial charge in [0.15, 0.2) is 0 Å². The van der Waals surface area contributed by atoms with E-state index in [1.54, 1.807) is 6.20 Å². The van der Waals surface area contributed by atoms with Crippen molar-refractivity contribution in [2.75, 3.05) is 7.05 Å². The van der Waals surface area contributed by atoms with E-state index >= 15 is 0 Å². The van der Waals surface area contributed by atoms with E-state index in [0.717, 1.165) is 17.0 Å². The Balaban J connectivity index is 1.88. The molecule has 1 saturated heterocycles. The van der Waals surface area contributed by atoms with Crippen LogP contribution in [0.25, 0.3) is 0 Å².